The molecule has 0 bridgehead atoms. The van der Waals surface area contributed by atoms with Gasteiger partial charge in [0, 0.05) is 18.5 Å². The lowest BCUT2D eigenvalue weighted by Gasteiger charge is -2.12. The van der Waals surface area contributed by atoms with Crippen LogP contribution in [-0.2, 0) is 13.0 Å². The predicted octanol–water partition coefficient (Wildman–Crippen LogP) is 4.47. The molecule has 0 fully saturated rings. The molecule has 2 N–H and O–H groups in total. The lowest BCUT2D eigenvalue weighted by molar-refractivity contribution is 0.0685. The zero-order valence-corrected chi connectivity index (χ0v) is 17.4. The molecule has 0 aliphatic heterocycles. The van der Waals surface area contributed by atoms with E-state index in [1.165, 1.54) is 4.57 Å². The van der Waals surface area contributed by atoms with Gasteiger partial charge >= 0.3 is 5.97 Å². The molecule has 2 heterocycles. The Morgan fingerprint density at radius 2 is 1.97 bits per heavy atom. The van der Waals surface area contributed by atoms with E-state index < -0.39 is 5.97 Å². The summed E-state index contributed by atoms with van der Waals surface area (Å²) in [6.07, 6.45) is 2.05. The number of carbonyl (C=O) groups is 1. The molecule has 8 nitrogen and oxygen atoms in total. The normalized spacial score (nSPS) is 12.8. The van der Waals surface area contributed by atoms with Gasteiger partial charge in [-0.15, -0.1) is 10.2 Å². The number of carboxylic acids is 1. The third kappa shape index (κ3) is 4.34. The van der Waals surface area contributed by atoms with Crippen molar-refractivity contribution in [2.24, 2.45) is 0 Å². The predicted molar refractivity (Wildman–Crippen MR) is 117 cm³/mol. The molecular weight excluding hydrogens is 416 g/mol. The number of halogens is 1. The summed E-state index contributed by atoms with van der Waals surface area (Å²) in [6, 6.07) is 5.71. The van der Waals surface area contributed by atoms with Crippen molar-refractivity contribution in [1.82, 2.24) is 30.2 Å². The van der Waals surface area contributed by atoms with Crippen LogP contribution < -0.4 is 0 Å². The van der Waals surface area contributed by atoms with Crippen LogP contribution in [0.25, 0.3) is 22.5 Å². The summed E-state index contributed by atoms with van der Waals surface area (Å²) in [7, 11) is 0. The van der Waals surface area contributed by atoms with Crippen molar-refractivity contribution >= 4 is 17.6 Å². The zero-order chi connectivity index (χ0) is 25.3. The molecule has 0 radical (unpaired) electrons. The molecule has 4 aromatic rings. The van der Waals surface area contributed by atoms with E-state index in [1.807, 2.05) is 6.92 Å². The number of carboxylic acid groups (broad SMARTS) is 1. The number of nitrogens with one attached hydrogen (secondary N) is 1. The summed E-state index contributed by atoms with van der Waals surface area (Å²) < 4.78 is 36.0. The van der Waals surface area contributed by atoms with E-state index in [0.29, 0.717) is 23.4 Å². The molecule has 4 rings (SSSR count). The molecule has 0 saturated carbocycles. The van der Waals surface area contributed by atoms with Gasteiger partial charge in [-0.25, -0.2) is 9.78 Å². The molecule has 0 aliphatic rings. The minimum Gasteiger partial charge on any atom is -0.476 e. The van der Waals surface area contributed by atoms with E-state index >= 15 is 0 Å². The first-order chi connectivity index (χ1) is 16.8. The van der Waals surface area contributed by atoms with Crippen LogP contribution in [0.1, 0.15) is 47.1 Å². The SMILES string of the molecule is [2H]c1c([2H])c(-c2ccccc2-c2nn[nH]n2)c([2H])c([2H])c1Cn1c(CCCC)nc(Cl)c1C(=O)O. The monoisotopic (exact) mass is 440 g/mol. The number of aryl methyl sites for hydroxylation is 1. The Morgan fingerprint density at radius 1 is 1.23 bits per heavy atom. The smallest absolute Gasteiger partial charge is 0.355 e. The molecular formula is C22H21ClN6O2. The Kier molecular flexibility index (Phi) is 4.75. The minimum absolute atomic E-state index is 0.0371. The number of hydrogen-bond donors (Lipinski definition) is 2. The van der Waals surface area contributed by atoms with Crippen LogP contribution in [0.5, 0.6) is 0 Å². The minimum atomic E-state index is -1.29. The lowest BCUT2D eigenvalue weighted by Crippen LogP contribution is -2.13. The van der Waals surface area contributed by atoms with E-state index in [4.69, 9.17) is 17.1 Å². The van der Waals surface area contributed by atoms with Gasteiger partial charge in [0.1, 0.15) is 5.82 Å². The van der Waals surface area contributed by atoms with Crippen molar-refractivity contribution in [2.75, 3.05) is 0 Å². The van der Waals surface area contributed by atoms with Crippen molar-refractivity contribution in [1.29, 1.82) is 0 Å². The average Bonchev–Trinajstić information content (AvgIpc) is 3.47. The van der Waals surface area contributed by atoms with Gasteiger partial charge in [0.15, 0.2) is 10.8 Å². The summed E-state index contributed by atoms with van der Waals surface area (Å²) in [5.41, 5.74) is 0.776. The second-order valence-corrected chi connectivity index (χ2v) is 7.15. The first kappa shape index (κ1) is 16.2. The zero-order valence-electron chi connectivity index (χ0n) is 20.6. The molecule has 158 valence electrons. The Balaban J connectivity index is 1.88. The van der Waals surface area contributed by atoms with E-state index in [9.17, 15) is 9.90 Å². The van der Waals surface area contributed by atoms with E-state index in [-0.39, 0.29) is 58.5 Å². The molecule has 0 aliphatic carbocycles. The van der Waals surface area contributed by atoms with E-state index in [1.54, 1.807) is 24.3 Å². The van der Waals surface area contributed by atoms with Gasteiger partial charge < -0.3 is 9.67 Å². The maximum absolute atomic E-state index is 11.9. The van der Waals surface area contributed by atoms with Gasteiger partial charge in [0.2, 0.25) is 5.82 Å². The number of hydrogen-bond acceptors (Lipinski definition) is 5. The Labute approximate surface area is 189 Å². The van der Waals surface area contributed by atoms with Crippen LogP contribution in [0.2, 0.25) is 5.15 Å². The van der Waals surface area contributed by atoms with Crippen LogP contribution in [0.4, 0.5) is 0 Å². The second kappa shape index (κ2) is 9.09. The van der Waals surface area contributed by atoms with Crippen molar-refractivity contribution in [2.45, 2.75) is 32.7 Å². The molecule has 31 heavy (non-hydrogen) atoms. The highest BCUT2D eigenvalue weighted by atomic mass is 35.5. The fraction of sp³-hybridized carbons (Fsp3) is 0.227. The first-order valence-corrected chi connectivity index (χ1v) is 10.0. The van der Waals surface area contributed by atoms with Gasteiger partial charge in [0.05, 0.1) is 5.48 Å². The van der Waals surface area contributed by atoms with Crippen molar-refractivity contribution in [3.05, 3.63) is 70.7 Å². The molecule has 0 amide bonds. The molecule has 2 aromatic heterocycles. The summed E-state index contributed by atoms with van der Waals surface area (Å²) >= 11 is 6.10. The fourth-order valence-electron chi connectivity index (χ4n) is 3.25. The van der Waals surface area contributed by atoms with Gasteiger partial charge in [-0.1, -0.05) is 73.4 Å². The Bertz CT molecular complexity index is 1380. The number of rotatable bonds is 8. The number of aromatic carboxylic acids is 1. The lowest BCUT2D eigenvalue weighted by atomic mass is 9.98. The standard InChI is InChI=1S/C22H21ClN6O2/c1-2-3-8-18-24-20(23)19(22(30)31)29(18)13-14-9-11-15(12-10-14)16-6-4-5-7-17(16)21-25-27-28-26-21/h4-7,9-12H,2-3,8,13H2,1H3,(H,30,31)(H,25,26,27,28)/i9D,10D,11D,12D. The number of aromatic nitrogens is 6. The highest BCUT2D eigenvalue weighted by Crippen LogP contribution is 2.30. The quantitative estimate of drug-likeness (QED) is 0.418. The number of tetrazole rings is 1. The Hall–Kier alpha value is -3.52. The highest BCUT2D eigenvalue weighted by Gasteiger charge is 2.21. The maximum atomic E-state index is 11.9. The van der Waals surface area contributed by atoms with E-state index in [2.05, 4.69) is 25.6 Å². The summed E-state index contributed by atoms with van der Waals surface area (Å²) in [4.78, 5) is 16.1. The summed E-state index contributed by atoms with van der Waals surface area (Å²) in [6.45, 7) is 1.77. The van der Waals surface area contributed by atoms with Crippen molar-refractivity contribution in [3.8, 4) is 22.5 Å². The number of aromatic amines is 1. The van der Waals surface area contributed by atoms with Crippen molar-refractivity contribution in [3.63, 3.8) is 0 Å². The molecule has 0 saturated heterocycles. The molecule has 2 aromatic carbocycles. The van der Waals surface area contributed by atoms with Crippen molar-refractivity contribution < 1.29 is 15.4 Å². The van der Waals surface area contributed by atoms with Crippen LogP contribution in [0.15, 0.2) is 48.4 Å². The number of unbranched alkanes of at least 4 members (excludes halogenated alkanes) is 1. The molecule has 9 heteroatoms. The van der Waals surface area contributed by atoms with Crippen LogP contribution in [0, 0.1) is 0 Å². The second-order valence-electron chi connectivity index (χ2n) is 6.80. The van der Waals surface area contributed by atoms with Gasteiger partial charge in [0.25, 0.3) is 0 Å². The third-order valence-electron chi connectivity index (χ3n) is 4.74. The third-order valence-corrected chi connectivity index (χ3v) is 5.00. The molecule has 0 unspecified atom stereocenters. The maximum Gasteiger partial charge on any atom is 0.355 e. The molecule has 0 spiro atoms. The van der Waals surface area contributed by atoms with Crippen LogP contribution in [0.3, 0.4) is 0 Å². The number of imidazole rings is 1. The topological polar surface area (TPSA) is 110 Å². The largest absolute Gasteiger partial charge is 0.476 e. The number of H-pyrrole nitrogens is 1. The molecule has 0 atom stereocenters. The summed E-state index contributed by atoms with van der Waals surface area (Å²) in [5, 5.41) is 23.4. The van der Waals surface area contributed by atoms with Crippen LogP contribution in [-0.4, -0.2) is 41.3 Å². The Morgan fingerprint density at radius 3 is 2.61 bits per heavy atom. The highest BCUT2D eigenvalue weighted by molar-refractivity contribution is 6.32. The van der Waals surface area contributed by atoms with E-state index in [0.717, 1.165) is 12.8 Å². The van der Waals surface area contributed by atoms with Gasteiger partial charge in [-0.3, -0.25) is 0 Å². The number of benzene rings is 2. The first-order valence-electron chi connectivity index (χ1n) is 11.7. The fourth-order valence-corrected chi connectivity index (χ4v) is 3.53. The van der Waals surface area contributed by atoms with Gasteiger partial charge in [-0.05, 0) is 28.3 Å². The summed E-state index contributed by atoms with van der Waals surface area (Å²) in [5.74, 6) is -0.620. The van der Waals surface area contributed by atoms with Gasteiger partial charge in [-0.2, -0.15) is 5.21 Å². The van der Waals surface area contributed by atoms with Crippen LogP contribution >= 0.6 is 11.6 Å². The number of nitrogens with zero attached hydrogens (tertiary/aromatic N) is 5. The average molecular weight is 441 g/mol.